The van der Waals surface area contributed by atoms with E-state index < -0.39 is 41.5 Å². The lowest BCUT2D eigenvalue weighted by molar-refractivity contribution is -0.198. The molecular formula is C55H70N14O20. The Hall–Kier alpha value is -8.99. The third-order valence-corrected chi connectivity index (χ3v) is 11.6. The van der Waals surface area contributed by atoms with Crippen LogP contribution in [0.2, 0.25) is 0 Å². The molecule has 89 heavy (non-hydrogen) atoms. The van der Waals surface area contributed by atoms with Gasteiger partial charge in [0.25, 0.3) is 29.5 Å². The normalized spacial score (nSPS) is 13.6. The highest BCUT2D eigenvalue weighted by molar-refractivity contribution is 6.02. The van der Waals surface area contributed by atoms with Gasteiger partial charge in [0, 0.05) is 54.7 Å². The molecule has 3 aliphatic heterocycles. The van der Waals surface area contributed by atoms with Crippen LogP contribution in [0.25, 0.3) is 33.2 Å². The number of aryl methyl sites for hydroxylation is 2. The van der Waals surface area contributed by atoms with E-state index in [2.05, 4.69) is 57.4 Å². The molecular weight excluding hydrogens is 1180 g/mol. The van der Waals surface area contributed by atoms with E-state index in [-0.39, 0.29) is 77.3 Å². The summed E-state index contributed by atoms with van der Waals surface area (Å²) in [6.07, 6.45) is 0.983. The number of azide groups is 1. The van der Waals surface area contributed by atoms with Crippen molar-refractivity contribution < 1.29 is 95.5 Å². The molecule has 34 nitrogen and oxygen atoms in total. The van der Waals surface area contributed by atoms with Gasteiger partial charge in [0.15, 0.2) is 11.6 Å². The number of hydrogen-bond donors (Lipinski definition) is 0. The lowest BCUT2D eigenvalue weighted by Crippen LogP contribution is -2.32. The second-order valence-corrected chi connectivity index (χ2v) is 18.4. The largest absolute Gasteiger partial charge is 0.491 e. The van der Waals surface area contributed by atoms with Crippen LogP contribution in [0.1, 0.15) is 68.6 Å². The standard InChI is InChI=1S/C24H31N5O9.C16H15N5O3.C15H24N4O8/c1-18-25-27-24(28-26-18)19-2-4-20(5-3-19)37-17-16-36-15-14-35-13-12-34-11-10-33-9-8-23(32)38-29-21(30)6-7-22(29)31;1-10-3-8-14(22)21(10)24-15(23)9-12-4-6-13(7-5-12)16-19-17-11(2)18-20-16;16-18-17-4-6-24-8-10-26-12-11-25-9-7-23-5-3-15(22)27-19-13(20)1-2-14(19)21/h2-5H,6-17H2,1H3;4-7H,1,3,8-9H2,2H3;1-12H2. The first kappa shape index (κ1) is 70.8. The summed E-state index contributed by atoms with van der Waals surface area (Å²) in [6.45, 7) is 13.3. The SMILES string of the molecule is C=C1CCC(=O)N1OC(=O)Cc1ccc(-c2nnc(C)nn2)cc1.Cc1nnc(-c2ccc(OCCOCCOCCOCCOCCC(=O)ON3C(=O)CCC3=O)cc2)nn1.[N-]=[N+]=NCCOCCOCCOCCOCCC(=O)ON1C(=O)CCC1=O. The summed E-state index contributed by atoms with van der Waals surface area (Å²) in [5, 5.41) is 36.7. The molecule has 0 radical (unpaired) electrons. The third-order valence-electron chi connectivity index (χ3n) is 11.6. The molecule has 0 unspecified atom stereocenters. The fourth-order valence-corrected chi connectivity index (χ4v) is 7.12. The van der Waals surface area contributed by atoms with Gasteiger partial charge in [-0.05, 0) is 55.6 Å². The van der Waals surface area contributed by atoms with Gasteiger partial charge < -0.3 is 57.1 Å². The molecule has 34 heteroatoms. The second-order valence-electron chi connectivity index (χ2n) is 18.4. The number of allylic oxidation sites excluding steroid dienone is 1. The Labute approximate surface area is 510 Å². The molecule has 480 valence electrons. The van der Waals surface area contributed by atoms with Crippen LogP contribution in [-0.2, 0) is 97.2 Å². The number of hydroxylamine groups is 6. The van der Waals surface area contributed by atoms with Crippen LogP contribution in [0.5, 0.6) is 5.75 Å². The summed E-state index contributed by atoms with van der Waals surface area (Å²) < 4.78 is 48.1. The highest BCUT2D eigenvalue weighted by Gasteiger charge is 2.34. The highest BCUT2D eigenvalue weighted by atomic mass is 16.7. The maximum Gasteiger partial charge on any atom is 0.337 e. The lowest BCUT2D eigenvalue weighted by Gasteiger charge is -2.15. The molecule has 0 atom stereocenters. The van der Waals surface area contributed by atoms with Crippen molar-refractivity contribution in [2.45, 2.75) is 71.6 Å². The van der Waals surface area contributed by atoms with Crippen molar-refractivity contribution in [2.24, 2.45) is 5.11 Å². The van der Waals surface area contributed by atoms with E-state index in [1.54, 1.807) is 38.1 Å². The van der Waals surface area contributed by atoms with Crippen LogP contribution >= 0.6 is 0 Å². The van der Waals surface area contributed by atoms with Crippen molar-refractivity contribution in [3.8, 4) is 28.5 Å². The zero-order valence-electron chi connectivity index (χ0n) is 49.3. The maximum absolute atomic E-state index is 12.0. The van der Waals surface area contributed by atoms with Gasteiger partial charge in [-0.3, -0.25) is 24.0 Å². The number of carbonyl (C=O) groups excluding carboxylic acids is 8. The zero-order chi connectivity index (χ0) is 63.9. The van der Waals surface area contributed by atoms with E-state index in [1.165, 1.54) is 0 Å². The van der Waals surface area contributed by atoms with Gasteiger partial charge in [0.1, 0.15) is 12.4 Å². The molecule has 5 amide bonds. The number of rotatable bonds is 38. The Balaban J connectivity index is 0.000000251. The van der Waals surface area contributed by atoms with Crippen molar-refractivity contribution in [1.29, 1.82) is 0 Å². The van der Waals surface area contributed by atoms with Crippen molar-refractivity contribution in [3.05, 3.63) is 88.5 Å². The smallest absolute Gasteiger partial charge is 0.337 e. The monoisotopic (exact) mass is 1250 g/mol. The van der Waals surface area contributed by atoms with Crippen LogP contribution in [-0.4, -0.2) is 222 Å². The van der Waals surface area contributed by atoms with E-state index >= 15 is 0 Å². The average Bonchev–Trinajstić information content (AvgIpc) is 4.33. The predicted octanol–water partition coefficient (Wildman–Crippen LogP) is 2.42. The van der Waals surface area contributed by atoms with Crippen LogP contribution in [0.4, 0.5) is 0 Å². The van der Waals surface area contributed by atoms with E-state index in [9.17, 15) is 38.4 Å². The summed E-state index contributed by atoms with van der Waals surface area (Å²) in [4.78, 5) is 109. The lowest BCUT2D eigenvalue weighted by atomic mass is 10.1. The van der Waals surface area contributed by atoms with E-state index in [0.717, 1.165) is 21.8 Å². The molecule has 3 aliphatic rings. The number of hydrogen-bond acceptors (Lipinski definition) is 29. The van der Waals surface area contributed by atoms with Gasteiger partial charge in [-0.15, -0.1) is 56.0 Å². The van der Waals surface area contributed by atoms with Crippen molar-refractivity contribution >= 4 is 47.4 Å². The fourth-order valence-electron chi connectivity index (χ4n) is 7.12. The average molecular weight is 1250 g/mol. The van der Waals surface area contributed by atoms with E-state index in [0.29, 0.717) is 150 Å². The summed E-state index contributed by atoms with van der Waals surface area (Å²) in [6, 6.07) is 14.4. The molecule has 3 saturated heterocycles. The Kier molecular flexibility index (Phi) is 32.8. The third kappa shape index (κ3) is 28.2. The molecule has 0 aliphatic carbocycles. The Morgan fingerprint density at radius 1 is 0.449 bits per heavy atom. The number of amides is 5. The molecule has 4 aromatic rings. The number of ether oxygens (including phenoxy) is 9. The molecule has 3 fully saturated rings. The summed E-state index contributed by atoms with van der Waals surface area (Å²) in [5.74, 6) is -1.62. The molecule has 2 aromatic heterocycles. The molecule has 7 rings (SSSR count). The maximum atomic E-state index is 12.0. The Morgan fingerprint density at radius 3 is 1.17 bits per heavy atom. The molecule has 5 heterocycles. The van der Waals surface area contributed by atoms with Gasteiger partial charge in [-0.1, -0.05) is 36.0 Å². The van der Waals surface area contributed by atoms with Crippen molar-refractivity contribution in [2.75, 3.05) is 119 Å². The molecule has 0 spiro atoms. The van der Waals surface area contributed by atoms with Crippen LogP contribution in [0, 0.1) is 13.8 Å². The quantitative estimate of drug-likeness (QED) is 0.0204. The van der Waals surface area contributed by atoms with Crippen LogP contribution < -0.4 is 4.74 Å². The zero-order valence-corrected chi connectivity index (χ0v) is 49.3. The number of carbonyl (C=O) groups is 8. The second kappa shape index (κ2) is 41.2. The first-order valence-electron chi connectivity index (χ1n) is 28.1. The highest BCUT2D eigenvalue weighted by Crippen LogP contribution is 2.22. The van der Waals surface area contributed by atoms with Crippen molar-refractivity contribution in [3.63, 3.8) is 0 Å². The number of aromatic nitrogens is 8. The molecule has 0 N–H and O–H groups in total. The van der Waals surface area contributed by atoms with Crippen LogP contribution in [0.3, 0.4) is 0 Å². The molecule has 0 saturated carbocycles. The minimum absolute atomic E-state index is 0.0442. The summed E-state index contributed by atoms with van der Waals surface area (Å²) >= 11 is 0. The van der Waals surface area contributed by atoms with Crippen LogP contribution in [0.15, 0.2) is 65.9 Å². The van der Waals surface area contributed by atoms with E-state index in [1.807, 2.05) is 24.3 Å². The minimum Gasteiger partial charge on any atom is -0.491 e. The van der Waals surface area contributed by atoms with Crippen molar-refractivity contribution in [1.82, 2.24) is 56.0 Å². The van der Waals surface area contributed by atoms with Gasteiger partial charge in [0.05, 0.1) is 131 Å². The van der Waals surface area contributed by atoms with Gasteiger partial charge in [-0.2, -0.15) is 0 Å². The predicted molar refractivity (Wildman–Crippen MR) is 300 cm³/mol. The number of benzene rings is 2. The first-order valence-corrected chi connectivity index (χ1v) is 28.1. The van der Waals surface area contributed by atoms with E-state index in [4.69, 9.17) is 62.7 Å². The summed E-state index contributed by atoms with van der Waals surface area (Å²) in [7, 11) is 0. The van der Waals surface area contributed by atoms with Gasteiger partial charge >= 0.3 is 17.9 Å². The minimum atomic E-state index is -0.699. The van der Waals surface area contributed by atoms with Gasteiger partial charge in [0.2, 0.25) is 11.6 Å². The number of imide groups is 2. The first-order chi connectivity index (χ1) is 43.2. The molecule has 0 bridgehead atoms. The molecule has 2 aromatic carbocycles. The fraction of sp³-hybridized carbons (Fsp3) is 0.527. The topological polar surface area (TPSA) is 409 Å². The number of nitrogens with zero attached hydrogens (tertiary/aromatic N) is 14. The summed E-state index contributed by atoms with van der Waals surface area (Å²) in [5.41, 5.74) is 10.9. The Bertz CT molecular complexity index is 2890. The van der Waals surface area contributed by atoms with Gasteiger partial charge in [-0.25, -0.2) is 14.4 Å². The Morgan fingerprint density at radius 2 is 0.787 bits per heavy atom.